The third kappa shape index (κ3) is 3.96. The first-order valence-electron chi connectivity index (χ1n) is 10.8. The topological polar surface area (TPSA) is 75.5 Å². The number of nitrogens with zero attached hydrogens (tertiary/aromatic N) is 4. The number of fused-ring (bicyclic) bond motifs is 1. The van der Waals surface area contributed by atoms with Crippen LogP contribution < -0.4 is 0 Å². The second-order valence-corrected chi connectivity index (χ2v) is 11.1. The first kappa shape index (κ1) is 21.8. The molecule has 1 aliphatic rings. The van der Waals surface area contributed by atoms with Gasteiger partial charge in [0.25, 0.3) is 5.91 Å². The molecular formula is C24H24N4O3S2. The van der Waals surface area contributed by atoms with Crippen LogP contribution in [0.25, 0.3) is 15.9 Å². The van der Waals surface area contributed by atoms with Crippen molar-refractivity contribution >= 4 is 37.5 Å². The average Bonchev–Trinajstić information content (AvgIpc) is 3.40. The summed E-state index contributed by atoms with van der Waals surface area (Å²) in [6.07, 6.45) is 0. The van der Waals surface area contributed by atoms with Crippen molar-refractivity contribution in [3.63, 3.8) is 0 Å². The van der Waals surface area contributed by atoms with Crippen molar-refractivity contribution in [2.75, 3.05) is 26.2 Å². The number of thiophene rings is 1. The summed E-state index contributed by atoms with van der Waals surface area (Å²) >= 11 is 1.43. The summed E-state index contributed by atoms with van der Waals surface area (Å²) in [4.78, 5) is 16.8. The number of aryl methyl sites for hydroxylation is 2. The minimum atomic E-state index is -3.55. The summed E-state index contributed by atoms with van der Waals surface area (Å²) in [5.74, 6) is -0.0665. The van der Waals surface area contributed by atoms with E-state index in [9.17, 15) is 13.2 Å². The molecule has 1 fully saturated rings. The van der Waals surface area contributed by atoms with E-state index >= 15 is 0 Å². The number of benzene rings is 2. The number of piperazine rings is 1. The fraction of sp³-hybridized carbons (Fsp3) is 0.250. The van der Waals surface area contributed by atoms with Crippen molar-refractivity contribution in [1.82, 2.24) is 19.0 Å². The molecule has 1 aliphatic heterocycles. The molecule has 1 saturated heterocycles. The molecule has 9 heteroatoms. The predicted octanol–water partition coefficient (Wildman–Crippen LogP) is 3.85. The highest BCUT2D eigenvalue weighted by Crippen LogP contribution is 2.31. The van der Waals surface area contributed by atoms with Gasteiger partial charge in [-0.05, 0) is 49.7 Å². The van der Waals surface area contributed by atoms with Gasteiger partial charge in [-0.15, -0.1) is 11.3 Å². The molecule has 0 bridgehead atoms. The smallest absolute Gasteiger partial charge is 0.264 e. The third-order valence-corrected chi connectivity index (χ3v) is 8.92. The molecule has 3 heterocycles. The lowest BCUT2D eigenvalue weighted by molar-refractivity contribution is 0.0703. The number of sulfonamides is 1. The van der Waals surface area contributed by atoms with Crippen LogP contribution >= 0.6 is 11.3 Å². The zero-order valence-corrected chi connectivity index (χ0v) is 20.1. The van der Waals surface area contributed by atoms with Gasteiger partial charge in [-0.1, -0.05) is 30.3 Å². The summed E-state index contributed by atoms with van der Waals surface area (Å²) in [5.41, 5.74) is 2.99. The Hall–Kier alpha value is -3.01. The Balaban J connectivity index is 1.36. The van der Waals surface area contributed by atoms with Gasteiger partial charge in [0, 0.05) is 31.6 Å². The Kier molecular flexibility index (Phi) is 5.55. The Bertz CT molecular complexity index is 1430. The fourth-order valence-corrected chi connectivity index (χ4v) is 6.71. The Morgan fingerprint density at radius 1 is 0.939 bits per heavy atom. The highest BCUT2D eigenvalue weighted by atomic mass is 32.2. The Labute approximate surface area is 196 Å². The molecule has 1 amide bonds. The second kappa shape index (κ2) is 8.40. The molecule has 0 unspecified atom stereocenters. The molecule has 170 valence electrons. The van der Waals surface area contributed by atoms with Crippen molar-refractivity contribution in [3.8, 4) is 5.69 Å². The lowest BCUT2D eigenvalue weighted by Crippen LogP contribution is -2.50. The lowest BCUT2D eigenvalue weighted by atomic mass is 10.2. The highest BCUT2D eigenvalue weighted by Gasteiger charge is 2.31. The van der Waals surface area contributed by atoms with E-state index in [1.165, 1.54) is 15.6 Å². The SMILES string of the molecule is Cc1cccc(-n2nc(C)c3cc(C(=O)N4CCN(S(=O)(=O)c5ccccc5)CC4)sc32)c1. The summed E-state index contributed by atoms with van der Waals surface area (Å²) < 4.78 is 29.1. The zero-order chi connectivity index (χ0) is 23.2. The van der Waals surface area contributed by atoms with Crippen LogP contribution in [-0.4, -0.2) is 59.5 Å². The maximum absolute atomic E-state index is 13.2. The van der Waals surface area contributed by atoms with Gasteiger partial charge in [-0.25, -0.2) is 13.1 Å². The van der Waals surface area contributed by atoms with E-state index in [4.69, 9.17) is 0 Å². The van der Waals surface area contributed by atoms with Crippen molar-refractivity contribution in [2.24, 2.45) is 0 Å². The van der Waals surface area contributed by atoms with Gasteiger partial charge < -0.3 is 4.90 Å². The maximum Gasteiger partial charge on any atom is 0.264 e. The molecule has 2 aromatic carbocycles. The van der Waals surface area contributed by atoms with Gasteiger partial charge in [0.2, 0.25) is 10.0 Å². The number of hydrogen-bond acceptors (Lipinski definition) is 5. The van der Waals surface area contributed by atoms with Gasteiger partial charge in [-0.2, -0.15) is 9.40 Å². The van der Waals surface area contributed by atoms with Crippen molar-refractivity contribution in [3.05, 3.63) is 76.8 Å². The van der Waals surface area contributed by atoms with Crippen molar-refractivity contribution in [1.29, 1.82) is 0 Å². The summed E-state index contributed by atoms with van der Waals surface area (Å²) in [6.45, 7) is 5.28. The first-order valence-corrected chi connectivity index (χ1v) is 13.0. The molecule has 0 saturated carbocycles. The van der Waals surface area contributed by atoms with Crippen LogP contribution in [0.2, 0.25) is 0 Å². The van der Waals surface area contributed by atoms with E-state index in [1.54, 1.807) is 35.2 Å². The standard InChI is InChI=1S/C24H24N4O3S2/c1-17-7-6-8-19(15-17)28-24-21(18(2)25-28)16-22(32-24)23(29)26-11-13-27(14-12-26)33(30,31)20-9-4-3-5-10-20/h3-10,15-16H,11-14H2,1-2H3. The number of hydrogen-bond donors (Lipinski definition) is 0. The lowest BCUT2D eigenvalue weighted by Gasteiger charge is -2.33. The van der Waals surface area contributed by atoms with Gasteiger partial charge in [0.1, 0.15) is 4.83 Å². The fourth-order valence-electron chi connectivity index (χ4n) is 4.12. The third-order valence-electron chi connectivity index (χ3n) is 5.91. The molecule has 0 atom stereocenters. The largest absolute Gasteiger partial charge is 0.335 e. The van der Waals surface area contributed by atoms with Crippen LogP contribution in [0.4, 0.5) is 0 Å². The quantitative estimate of drug-likeness (QED) is 0.445. The molecule has 5 rings (SSSR count). The molecular weight excluding hydrogens is 456 g/mol. The number of carbonyl (C=O) groups is 1. The predicted molar refractivity (Wildman–Crippen MR) is 130 cm³/mol. The zero-order valence-electron chi connectivity index (χ0n) is 18.4. The Morgan fingerprint density at radius 3 is 2.36 bits per heavy atom. The minimum absolute atomic E-state index is 0.0665. The first-order chi connectivity index (χ1) is 15.8. The molecule has 7 nitrogen and oxygen atoms in total. The van der Waals surface area contributed by atoms with E-state index < -0.39 is 10.0 Å². The Morgan fingerprint density at radius 2 is 1.67 bits per heavy atom. The van der Waals surface area contributed by atoms with Gasteiger partial charge in [-0.3, -0.25) is 4.79 Å². The van der Waals surface area contributed by atoms with Gasteiger partial charge >= 0.3 is 0 Å². The molecule has 0 aliphatic carbocycles. The van der Waals surface area contributed by atoms with Crippen LogP contribution in [0, 0.1) is 13.8 Å². The van der Waals surface area contributed by atoms with Crippen molar-refractivity contribution < 1.29 is 13.2 Å². The van der Waals surface area contributed by atoms with Crippen LogP contribution in [0.1, 0.15) is 20.9 Å². The molecule has 0 spiro atoms. The maximum atomic E-state index is 13.2. The minimum Gasteiger partial charge on any atom is -0.335 e. The summed E-state index contributed by atoms with van der Waals surface area (Å²) in [5, 5.41) is 5.64. The number of aromatic nitrogens is 2. The summed E-state index contributed by atoms with van der Waals surface area (Å²) in [7, 11) is -3.55. The molecule has 0 N–H and O–H groups in total. The van der Waals surface area contributed by atoms with Gasteiger partial charge in [0.15, 0.2) is 0 Å². The van der Waals surface area contributed by atoms with Gasteiger partial charge in [0.05, 0.1) is 21.2 Å². The van der Waals surface area contributed by atoms with E-state index in [2.05, 4.69) is 11.2 Å². The van der Waals surface area contributed by atoms with Crippen LogP contribution in [0.15, 0.2) is 65.6 Å². The van der Waals surface area contributed by atoms with E-state index in [-0.39, 0.29) is 23.9 Å². The van der Waals surface area contributed by atoms with E-state index in [0.717, 1.165) is 27.2 Å². The number of rotatable bonds is 4. The molecule has 33 heavy (non-hydrogen) atoms. The average molecular weight is 481 g/mol. The highest BCUT2D eigenvalue weighted by molar-refractivity contribution is 7.89. The normalized spacial score (nSPS) is 15.3. The number of amides is 1. The van der Waals surface area contributed by atoms with Crippen LogP contribution in [-0.2, 0) is 10.0 Å². The van der Waals surface area contributed by atoms with E-state index in [0.29, 0.717) is 18.0 Å². The summed E-state index contributed by atoms with van der Waals surface area (Å²) in [6, 6.07) is 18.4. The number of carbonyl (C=O) groups excluding carboxylic acids is 1. The van der Waals surface area contributed by atoms with E-state index in [1.807, 2.05) is 42.8 Å². The monoisotopic (exact) mass is 480 g/mol. The molecule has 2 aromatic heterocycles. The molecule has 4 aromatic rings. The second-order valence-electron chi connectivity index (χ2n) is 8.18. The van der Waals surface area contributed by atoms with Crippen molar-refractivity contribution in [2.45, 2.75) is 18.7 Å². The molecule has 0 radical (unpaired) electrons. The van der Waals surface area contributed by atoms with Crippen LogP contribution in [0.5, 0.6) is 0 Å². The van der Waals surface area contributed by atoms with Crippen LogP contribution in [0.3, 0.4) is 0 Å².